The van der Waals surface area contributed by atoms with Crippen molar-refractivity contribution < 1.29 is 4.74 Å². The molecule has 0 radical (unpaired) electrons. The number of nitrogens with zero attached hydrogens (tertiary/aromatic N) is 3. The molecule has 0 saturated carbocycles. The van der Waals surface area contributed by atoms with Crippen molar-refractivity contribution in [3.63, 3.8) is 0 Å². The number of ether oxygens (including phenoxy) is 1. The predicted molar refractivity (Wildman–Crippen MR) is 72.5 cm³/mol. The summed E-state index contributed by atoms with van der Waals surface area (Å²) < 4.78 is 6.92. The number of rotatable bonds is 6. The molecular weight excluding hydrogens is 242 g/mol. The first kappa shape index (κ1) is 13.5. The molecule has 0 amide bonds. The Balaban J connectivity index is 2.09. The molecule has 0 fully saturated rings. The molecule has 1 atom stereocenters. The third-order valence-electron chi connectivity index (χ3n) is 3.03. The molecule has 19 heavy (non-hydrogen) atoms. The molecule has 2 aromatic heterocycles. The second-order valence-corrected chi connectivity index (χ2v) is 4.26. The number of pyridine rings is 1. The highest BCUT2D eigenvalue weighted by Gasteiger charge is 2.13. The van der Waals surface area contributed by atoms with Crippen LogP contribution in [0.1, 0.15) is 24.1 Å². The first-order valence-corrected chi connectivity index (χ1v) is 6.24. The van der Waals surface area contributed by atoms with Gasteiger partial charge in [-0.15, -0.1) is 0 Å². The molecule has 1 unspecified atom stereocenters. The minimum atomic E-state index is 0.0236. The number of hydrogen-bond donors (Lipinski definition) is 2. The number of aromatic nitrogens is 3. The fraction of sp³-hybridized carbons (Fsp3) is 0.385. The molecule has 2 rings (SSSR count). The number of methoxy groups -OCH3 is 1. The van der Waals surface area contributed by atoms with Gasteiger partial charge in [0.25, 0.3) is 0 Å². The van der Waals surface area contributed by atoms with E-state index in [1.807, 2.05) is 29.2 Å². The summed E-state index contributed by atoms with van der Waals surface area (Å²) in [5.74, 6) is 6.24. The van der Waals surface area contributed by atoms with Gasteiger partial charge in [-0.2, -0.15) is 5.10 Å². The van der Waals surface area contributed by atoms with E-state index < -0.39 is 0 Å². The minimum absolute atomic E-state index is 0.0236. The molecule has 0 aliphatic rings. The first-order chi connectivity index (χ1) is 9.26. The van der Waals surface area contributed by atoms with Crippen molar-refractivity contribution in [1.29, 1.82) is 0 Å². The maximum atomic E-state index is 5.63. The highest BCUT2D eigenvalue weighted by molar-refractivity contribution is 5.21. The van der Waals surface area contributed by atoms with Crippen molar-refractivity contribution in [3.05, 3.63) is 41.9 Å². The van der Waals surface area contributed by atoms with Crippen molar-refractivity contribution in [3.8, 4) is 5.88 Å². The van der Waals surface area contributed by atoms with Crippen LogP contribution < -0.4 is 16.0 Å². The fourth-order valence-electron chi connectivity index (χ4n) is 1.89. The lowest BCUT2D eigenvalue weighted by Crippen LogP contribution is -2.29. The van der Waals surface area contributed by atoms with E-state index in [9.17, 15) is 0 Å². The summed E-state index contributed by atoms with van der Waals surface area (Å²) in [6.07, 6.45) is 6.39. The molecule has 102 valence electrons. The Kier molecular flexibility index (Phi) is 4.48. The van der Waals surface area contributed by atoms with E-state index in [1.165, 1.54) is 0 Å². The Labute approximate surface area is 112 Å². The minimum Gasteiger partial charge on any atom is -0.481 e. The number of hydrogen-bond acceptors (Lipinski definition) is 5. The van der Waals surface area contributed by atoms with Gasteiger partial charge >= 0.3 is 0 Å². The molecule has 0 aliphatic carbocycles. The second-order valence-electron chi connectivity index (χ2n) is 4.26. The van der Waals surface area contributed by atoms with Crippen LogP contribution in [0.3, 0.4) is 0 Å². The van der Waals surface area contributed by atoms with E-state index >= 15 is 0 Å². The van der Waals surface area contributed by atoms with Crippen molar-refractivity contribution >= 4 is 0 Å². The quantitative estimate of drug-likeness (QED) is 0.600. The zero-order valence-corrected chi connectivity index (χ0v) is 11.2. The second kappa shape index (κ2) is 6.31. The fourth-order valence-corrected chi connectivity index (χ4v) is 1.89. The highest BCUT2D eigenvalue weighted by Crippen LogP contribution is 2.18. The van der Waals surface area contributed by atoms with Gasteiger partial charge in [-0.3, -0.25) is 16.0 Å². The van der Waals surface area contributed by atoms with Gasteiger partial charge < -0.3 is 4.74 Å². The Morgan fingerprint density at radius 2 is 2.26 bits per heavy atom. The van der Waals surface area contributed by atoms with Crippen LogP contribution in [-0.2, 0) is 13.0 Å². The molecular formula is C13H19N5O. The zero-order chi connectivity index (χ0) is 13.7. The molecule has 3 N–H and O–H groups in total. The van der Waals surface area contributed by atoms with E-state index in [0.717, 1.165) is 24.1 Å². The van der Waals surface area contributed by atoms with Crippen molar-refractivity contribution in [2.24, 2.45) is 5.84 Å². The van der Waals surface area contributed by atoms with Crippen molar-refractivity contribution in [2.75, 3.05) is 7.11 Å². The van der Waals surface area contributed by atoms with Crippen LogP contribution in [0.4, 0.5) is 0 Å². The Hall–Kier alpha value is -1.92. The topological polar surface area (TPSA) is 78.0 Å². The maximum absolute atomic E-state index is 5.63. The van der Waals surface area contributed by atoms with Gasteiger partial charge in [-0.05, 0) is 18.9 Å². The van der Waals surface area contributed by atoms with E-state index in [2.05, 4.69) is 22.4 Å². The summed E-state index contributed by atoms with van der Waals surface area (Å²) >= 11 is 0. The molecule has 0 aromatic carbocycles. The van der Waals surface area contributed by atoms with Crippen LogP contribution in [-0.4, -0.2) is 21.9 Å². The van der Waals surface area contributed by atoms with Gasteiger partial charge in [-0.25, -0.2) is 4.98 Å². The largest absolute Gasteiger partial charge is 0.481 e. The van der Waals surface area contributed by atoms with Gasteiger partial charge in [0.2, 0.25) is 5.88 Å². The monoisotopic (exact) mass is 261 g/mol. The van der Waals surface area contributed by atoms with E-state index in [0.29, 0.717) is 5.88 Å². The van der Waals surface area contributed by atoms with Crippen LogP contribution in [0.15, 0.2) is 30.7 Å². The molecule has 6 nitrogen and oxygen atoms in total. The average Bonchev–Trinajstić information content (AvgIpc) is 2.94. The smallest absolute Gasteiger partial charge is 0.212 e. The summed E-state index contributed by atoms with van der Waals surface area (Å²) in [5, 5.41) is 4.26. The Morgan fingerprint density at radius 1 is 1.42 bits per heavy atom. The van der Waals surface area contributed by atoms with Gasteiger partial charge in [0.1, 0.15) is 0 Å². The Bertz CT molecular complexity index is 508. The van der Waals surface area contributed by atoms with E-state index in [-0.39, 0.29) is 6.04 Å². The maximum Gasteiger partial charge on any atom is 0.212 e. The van der Waals surface area contributed by atoms with Crippen molar-refractivity contribution in [2.45, 2.75) is 25.9 Å². The zero-order valence-electron chi connectivity index (χ0n) is 11.2. The molecule has 0 aliphatic heterocycles. The number of aryl methyl sites for hydroxylation is 1. The average molecular weight is 261 g/mol. The molecule has 2 heterocycles. The lowest BCUT2D eigenvalue weighted by Gasteiger charge is -2.14. The SMILES string of the molecule is CCn1cc(C(Cc2ccc(OC)nc2)NN)cn1. The van der Waals surface area contributed by atoms with Crippen LogP contribution in [0, 0.1) is 0 Å². The summed E-state index contributed by atoms with van der Waals surface area (Å²) in [5.41, 5.74) is 4.98. The lowest BCUT2D eigenvalue weighted by molar-refractivity contribution is 0.397. The van der Waals surface area contributed by atoms with Gasteiger partial charge in [-0.1, -0.05) is 6.07 Å². The summed E-state index contributed by atoms with van der Waals surface area (Å²) in [6, 6.07) is 3.86. The third-order valence-corrected chi connectivity index (χ3v) is 3.03. The van der Waals surface area contributed by atoms with Crippen molar-refractivity contribution in [1.82, 2.24) is 20.2 Å². The molecule has 0 saturated heterocycles. The molecule has 2 aromatic rings. The van der Waals surface area contributed by atoms with Gasteiger partial charge in [0, 0.05) is 30.6 Å². The van der Waals surface area contributed by atoms with E-state index in [1.54, 1.807) is 13.3 Å². The number of nitrogens with one attached hydrogen (secondary N) is 1. The Morgan fingerprint density at radius 3 is 2.79 bits per heavy atom. The summed E-state index contributed by atoms with van der Waals surface area (Å²) in [6.45, 7) is 2.90. The lowest BCUT2D eigenvalue weighted by atomic mass is 10.0. The van der Waals surface area contributed by atoms with Crippen LogP contribution >= 0.6 is 0 Å². The first-order valence-electron chi connectivity index (χ1n) is 6.24. The number of hydrazine groups is 1. The molecule has 0 bridgehead atoms. The molecule has 0 spiro atoms. The van der Waals surface area contributed by atoms with Gasteiger partial charge in [0.15, 0.2) is 0 Å². The predicted octanol–water partition coefficient (Wildman–Crippen LogP) is 1.05. The molecule has 6 heteroatoms. The van der Waals surface area contributed by atoms with Crippen LogP contribution in [0.25, 0.3) is 0 Å². The van der Waals surface area contributed by atoms with Gasteiger partial charge in [0.05, 0.1) is 19.3 Å². The highest BCUT2D eigenvalue weighted by atomic mass is 16.5. The van der Waals surface area contributed by atoms with Crippen LogP contribution in [0.5, 0.6) is 5.88 Å². The van der Waals surface area contributed by atoms with E-state index in [4.69, 9.17) is 10.6 Å². The summed E-state index contributed by atoms with van der Waals surface area (Å²) in [4.78, 5) is 4.19. The third kappa shape index (κ3) is 3.30. The normalized spacial score (nSPS) is 12.4. The summed E-state index contributed by atoms with van der Waals surface area (Å²) in [7, 11) is 1.60. The standard InChI is InChI=1S/C13H19N5O/c1-3-18-9-11(8-16-18)12(17-14)6-10-4-5-13(19-2)15-7-10/h4-5,7-9,12,17H,3,6,14H2,1-2H3. The van der Waals surface area contributed by atoms with Crippen LogP contribution in [0.2, 0.25) is 0 Å². The number of nitrogens with two attached hydrogens (primary N) is 1.